The van der Waals surface area contributed by atoms with E-state index in [2.05, 4.69) is 5.32 Å². The van der Waals surface area contributed by atoms with Gasteiger partial charge in [-0.15, -0.1) is 0 Å². The van der Waals surface area contributed by atoms with E-state index < -0.39 is 0 Å². The normalized spacial score (nSPS) is 22.1. The Hall–Kier alpha value is -1.88. The summed E-state index contributed by atoms with van der Waals surface area (Å²) in [6.45, 7) is 9.62. The number of nitrogens with zero attached hydrogens (tertiary/aromatic N) is 1. The molecule has 2 rings (SSSR count). The highest BCUT2D eigenvalue weighted by Gasteiger charge is 2.26. The van der Waals surface area contributed by atoms with Gasteiger partial charge in [-0.1, -0.05) is 26.0 Å². The first-order valence-electron chi connectivity index (χ1n) is 8.72. The molecule has 1 fully saturated rings. The van der Waals surface area contributed by atoms with E-state index in [9.17, 15) is 9.59 Å². The molecule has 0 aromatic heterocycles. The molecule has 2 amide bonds. The number of nitrogens with one attached hydrogen (secondary N) is 1. The lowest BCUT2D eigenvalue weighted by molar-refractivity contribution is -0.124. The number of hydrogen-bond acceptors (Lipinski definition) is 3. The van der Waals surface area contributed by atoms with Gasteiger partial charge < -0.3 is 15.0 Å². The average Bonchev–Trinajstić information content (AvgIpc) is 2.57. The molecular formula is C19H28N2O3. The van der Waals surface area contributed by atoms with Gasteiger partial charge >= 0.3 is 0 Å². The summed E-state index contributed by atoms with van der Waals surface area (Å²) in [4.78, 5) is 26.2. The molecule has 1 N–H and O–H groups in total. The Morgan fingerprint density at radius 2 is 1.79 bits per heavy atom. The Morgan fingerprint density at radius 1 is 1.21 bits per heavy atom. The van der Waals surface area contributed by atoms with Crippen LogP contribution < -0.4 is 5.32 Å². The van der Waals surface area contributed by atoms with Gasteiger partial charge in [0.2, 0.25) is 5.91 Å². The molecule has 1 heterocycles. The van der Waals surface area contributed by atoms with Gasteiger partial charge in [0.1, 0.15) is 0 Å². The molecule has 1 aliphatic heterocycles. The molecule has 24 heavy (non-hydrogen) atoms. The molecule has 1 aromatic rings. The van der Waals surface area contributed by atoms with Crippen LogP contribution in [0.5, 0.6) is 0 Å². The van der Waals surface area contributed by atoms with Gasteiger partial charge in [0.25, 0.3) is 5.91 Å². The molecule has 0 aliphatic carbocycles. The van der Waals surface area contributed by atoms with Crippen LogP contribution >= 0.6 is 0 Å². The lowest BCUT2D eigenvalue weighted by atomic mass is 10.1. The van der Waals surface area contributed by atoms with Crippen molar-refractivity contribution in [2.24, 2.45) is 5.92 Å². The van der Waals surface area contributed by atoms with Gasteiger partial charge in [-0.3, -0.25) is 9.59 Å². The van der Waals surface area contributed by atoms with Crippen molar-refractivity contribution in [2.75, 3.05) is 13.1 Å². The lowest BCUT2D eigenvalue weighted by Gasteiger charge is -2.35. The fourth-order valence-electron chi connectivity index (χ4n) is 2.84. The van der Waals surface area contributed by atoms with Crippen molar-refractivity contribution >= 4 is 11.8 Å². The molecule has 5 nitrogen and oxygen atoms in total. The average molecular weight is 332 g/mol. The highest BCUT2D eigenvalue weighted by molar-refractivity contribution is 5.94. The van der Waals surface area contributed by atoms with Gasteiger partial charge in [-0.05, 0) is 38.0 Å². The van der Waals surface area contributed by atoms with Crippen LogP contribution in [0.2, 0.25) is 0 Å². The maximum absolute atomic E-state index is 12.6. The highest BCUT2D eigenvalue weighted by Crippen LogP contribution is 2.15. The van der Waals surface area contributed by atoms with Crippen LogP contribution in [0.25, 0.3) is 0 Å². The molecule has 132 valence electrons. The fraction of sp³-hybridized carbons (Fsp3) is 0.579. The Bertz CT molecular complexity index is 560. The molecule has 1 aliphatic rings. The molecule has 0 bridgehead atoms. The minimum Gasteiger partial charge on any atom is -0.372 e. The smallest absolute Gasteiger partial charge is 0.254 e. The monoisotopic (exact) mass is 332 g/mol. The number of ether oxygens (including phenoxy) is 1. The van der Waals surface area contributed by atoms with Crippen molar-refractivity contribution in [2.45, 2.75) is 52.9 Å². The molecule has 0 radical (unpaired) electrons. The van der Waals surface area contributed by atoms with Gasteiger partial charge in [0.05, 0.1) is 12.2 Å². The van der Waals surface area contributed by atoms with E-state index in [1.54, 1.807) is 0 Å². The number of hydrogen-bond donors (Lipinski definition) is 1. The fourth-order valence-corrected chi connectivity index (χ4v) is 2.84. The minimum absolute atomic E-state index is 0.0242. The van der Waals surface area contributed by atoms with E-state index in [1.165, 1.54) is 0 Å². The molecule has 0 unspecified atom stereocenters. The quantitative estimate of drug-likeness (QED) is 0.902. The van der Waals surface area contributed by atoms with Crippen molar-refractivity contribution in [3.63, 3.8) is 0 Å². The molecule has 5 heteroatoms. The van der Waals surface area contributed by atoms with Gasteiger partial charge in [-0.2, -0.15) is 0 Å². The Balaban J connectivity index is 1.94. The summed E-state index contributed by atoms with van der Waals surface area (Å²) in [5, 5.41) is 2.92. The second-order valence-corrected chi connectivity index (χ2v) is 6.69. The first kappa shape index (κ1) is 18.5. The summed E-state index contributed by atoms with van der Waals surface area (Å²) in [5.74, 6) is 0.122. The first-order chi connectivity index (χ1) is 11.4. The van der Waals surface area contributed by atoms with E-state index in [1.807, 2.05) is 56.9 Å². The number of carbonyl (C=O) groups is 2. The van der Waals surface area contributed by atoms with Gasteiger partial charge in [0.15, 0.2) is 0 Å². The van der Waals surface area contributed by atoms with E-state index >= 15 is 0 Å². The van der Waals surface area contributed by atoms with Gasteiger partial charge in [0, 0.05) is 31.1 Å². The van der Waals surface area contributed by atoms with Crippen molar-refractivity contribution in [3.05, 3.63) is 35.4 Å². The lowest BCUT2D eigenvalue weighted by Crippen LogP contribution is -2.48. The predicted molar refractivity (Wildman–Crippen MR) is 93.7 cm³/mol. The second kappa shape index (κ2) is 8.29. The second-order valence-electron chi connectivity index (χ2n) is 6.69. The third-order valence-corrected chi connectivity index (χ3v) is 4.43. The number of benzene rings is 1. The van der Waals surface area contributed by atoms with E-state index in [-0.39, 0.29) is 29.9 Å². The number of morpholine rings is 1. The molecular weight excluding hydrogens is 304 g/mol. The Morgan fingerprint density at radius 3 is 2.33 bits per heavy atom. The summed E-state index contributed by atoms with van der Waals surface area (Å²) in [6, 6.07) is 7.46. The predicted octanol–water partition coefficient (Wildman–Crippen LogP) is 2.60. The largest absolute Gasteiger partial charge is 0.372 e. The van der Waals surface area contributed by atoms with E-state index in [0.717, 1.165) is 12.0 Å². The van der Waals surface area contributed by atoms with E-state index in [0.29, 0.717) is 25.2 Å². The van der Waals surface area contributed by atoms with Crippen molar-refractivity contribution < 1.29 is 14.3 Å². The number of rotatable bonds is 5. The van der Waals surface area contributed by atoms with Crippen LogP contribution in [0.4, 0.5) is 0 Å². The standard InChI is InChI=1S/C19H28N2O3/c1-5-13(2)18(22)20-10-16-6-8-17(9-7-16)19(23)21-11-14(3)24-15(4)12-21/h6-9,13-15H,5,10-12H2,1-4H3,(H,20,22)/t13-,14-,15+/m0/s1. The summed E-state index contributed by atoms with van der Waals surface area (Å²) >= 11 is 0. The third-order valence-electron chi connectivity index (χ3n) is 4.43. The maximum atomic E-state index is 12.6. The minimum atomic E-state index is 0.0242. The molecule has 1 aromatic carbocycles. The van der Waals surface area contributed by atoms with Crippen LogP contribution in [-0.2, 0) is 16.1 Å². The van der Waals surface area contributed by atoms with Crippen LogP contribution in [0.1, 0.15) is 50.0 Å². The number of carbonyl (C=O) groups excluding carboxylic acids is 2. The van der Waals surface area contributed by atoms with Crippen LogP contribution in [-0.4, -0.2) is 42.0 Å². The zero-order valence-corrected chi connectivity index (χ0v) is 15.0. The molecule has 0 saturated carbocycles. The first-order valence-corrected chi connectivity index (χ1v) is 8.72. The van der Waals surface area contributed by atoms with E-state index in [4.69, 9.17) is 4.74 Å². The maximum Gasteiger partial charge on any atom is 0.254 e. The summed E-state index contributed by atoms with van der Waals surface area (Å²) in [5.41, 5.74) is 1.67. The van der Waals surface area contributed by atoms with Crippen LogP contribution in [0.15, 0.2) is 24.3 Å². The molecule has 0 spiro atoms. The summed E-state index contributed by atoms with van der Waals surface area (Å²) in [7, 11) is 0. The van der Waals surface area contributed by atoms with Crippen molar-refractivity contribution in [3.8, 4) is 0 Å². The van der Waals surface area contributed by atoms with Gasteiger partial charge in [-0.25, -0.2) is 0 Å². The highest BCUT2D eigenvalue weighted by atomic mass is 16.5. The molecule has 1 saturated heterocycles. The summed E-state index contributed by atoms with van der Waals surface area (Å²) in [6.07, 6.45) is 0.954. The SMILES string of the molecule is CC[C@H](C)C(=O)NCc1ccc(C(=O)N2C[C@@H](C)O[C@@H](C)C2)cc1. The van der Waals surface area contributed by atoms with Crippen LogP contribution in [0, 0.1) is 5.92 Å². The van der Waals surface area contributed by atoms with Crippen molar-refractivity contribution in [1.82, 2.24) is 10.2 Å². The molecule has 3 atom stereocenters. The Labute approximate surface area is 144 Å². The summed E-state index contributed by atoms with van der Waals surface area (Å²) < 4.78 is 5.67. The van der Waals surface area contributed by atoms with Crippen LogP contribution in [0.3, 0.4) is 0 Å². The topological polar surface area (TPSA) is 58.6 Å². The third kappa shape index (κ3) is 4.81. The van der Waals surface area contributed by atoms with Crippen molar-refractivity contribution in [1.29, 1.82) is 0 Å². The number of amides is 2. The Kier molecular flexibility index (Phi) is 6.37. The zero-order valence-electron chi connectivity index (χ0n) is 15.0. The zero-order chi connectivity index (χ0) is 17.7.